The van der Waals surface area contributed by atoms with Gasteiger partial charge in [0.05, 0.1) is 5.69 Å². The Balaban J connectivity index is 1.72. The van der Waals surface area contributed by atoms with Crippen LogP contribution in [-0.2, 0) is 5.41 Å². The van der Waals surface area contributed by atoms with Crippen LogP contribution in [0.5, 0.6) is 0 Å². The van der Waals surface area contributed by atoms with E-state index >= 15 is 0 Å². The Kier molecular flexibility index (Phi) is 4.05. The molecule has 0 bridgehead atoms. The fraction of sp³-hybridized carbons (Fsp3) is 0.179. The van der Waals surface area contributed by atoms with Crippen molar-refractivity contribution in [2.45, 2.75) is 33.1 Å². The predicted molar refractivity (Wildman–Crippen MR) is 139 cm³/mol. The lowest BCUT2D eigenvalue weighted by Crippen LogP contribution is -2.12. The SMILES string of the molecule is Cc1csc2cc3c(cc12)sc1ccnc(-c2cc(C(C)(C)C)c4ccccc4c2)c13. The first kappa shape index (κ1) is 19.0. The molecule has 1 nitrogen and oxygen atoms in total. The van der Waals surface area contributed by atoms with Gasteiger partial charge in [-0.1, -0.05) is 45.0 Å². The summed E-state index contributed by atoms with van der Waals surface area (Å²) in [6.07, 6.45) is 1.96. The van der Waals surface area contributed by atoms with Gasteiger partial charge in [0.15, 0.2) is 0 Å². The maximum absolute atomic E-state index is 4.92. The minimum atomic E-state index is 0.0564. The third kappa shape index (κ3) is 2.91. The van der Waals surface area contributed by atoms with Crippen molar-refractivity contribution in [2.75, 3.05) is 0 Å². The van der Waals surface area contributed by atoms with Gasteiger partial charge in [-0.3, -0.25) is 4.98 Å². The molecule has 0 radical (unpaired) electrons. The molecule has 3 aromatic carbocycles. The van der Waals surface area contributed by atoms with Crippen LogP contribution in [0.2, 0.25) is 0 Å². The van der Waals surface area contributed by atoms with Crippen LogP contribution < -0.4 is 0 Å². The van der Waals surface area contributed by atoms with E-state index in [4.69, 9.17) is 4.98 Å². The summed E-state index contributed by atoms with van der Waals surface area (Å²) >= 11 is 3.71. The smallest absolute Gasteiger partial charge is 0.0795 e. The zero-order chi connectivity index (χ0) is 21.3. The minimum absolute atomic E-state index is 0.0564. The van der Waals surface area contributed by atoms with Crippen LogP contribution in [0.3, 0.4) is 0 Å². The Morgan fingerprint density at radius 3 is 2.45 bits per heavy atom. The Morgan fingerprint density at radius 1 is 0.806 bits per heavy atom. The highest BCUT2D eigenvalue weighted by Crippen LogP contribution is 2.43. The number of hydrogen-bond donors (Lipinski definition) is 0. The topological polar surface area (TPSA) is 12.9 Å². The number of hydrogen-bond acceptors (Lipinski definition) is 3. The molecule has 6 aromatic rings. The van der Waals surface area contributed by atoms with E-state index in [0.717, 1.165) is 5.69 Å². The number of aryl methyl sites for hydroxylation is 1. The molecular weight excluding hydrogens is 414 g/mol. The third-order valence-corrected chi connectivity index (χ3v) is 8.40. The van der Waals surface area contributed by atoms with Crippen LogP contribution in [0.4, 0.5) is 0 Å². The van der Waals surface area contributed by atoms with Crippen LogP contribution in [-0.4, -0.2) is 4.98 Å². The van der Waals surface area contributed by atoms with E-state index in [-0.39, 0.29) is 5.41 Å². The molecule has 0 saturated heterocycles. The first-order chi connectivity index (χ1) is 14.9. The molecule has 0 aliphatic heterocycles. The molecule has 31 heavy (non-hydrogen) atoms. The number of thiophene rings is 2. The second-order valence-corrected chi connectivity index (χ2v) is 11.4. The standard InChI is InChI=1S/C28H23NS2/c1-16-15-30-24-14-21-25(13-20(16)24)31-23-9-10-29-27(26(21)23)18-11-17-7-5-6-8-19(17)22(12-18)28(2,3)4/h5-15H,1-4H3. The molecule has 3 heterocycles. The molecule has 0 atom stereocenters. The van der Waals surface area contributed by atoms with Gasteiger partial charge in [0.1, 0.15) is 0 Å². The molecule has 6 rings (SSSR count). The Bertz CT molecular complexity index is 1630. The van der Waals surface area contributed by atoms with E-state index in [1.165, 1.54) is 57.7 Å². The average Bonchev–Trinajstić information content (AvgIpc) is 3.30. The molecular formula is C28H23NS2. The van der Waals surface area contributed by atoms with Gasteiger partial charge >= 0.3 is 0 Å². The highest BCUT2D eigenvalue weighted by Gasteiger charge is 2.20. The zero-order valence-corrected chi connectivity index (χ0v) is 19.7. The van der Waals surface area contributed by atoms with E-state index in [0.29, 0.717) is 0 Å². The summed E-state index contributed by atoms with van der Waals surface area (Å²) in [5.74, 6) is 0. The normalized spacial score (nSPS) is 12.5. The summed E-state index contributed by atoms with van der Waals surface area (Å²) in [6, 6.07) is 20.3. The van der Waals surface area contributed by atoms with E-state index < -0.39 is 0 Å². The lowest BCUT2D eigenvalue weighted by molar-refractivity contribution is 0.596. The number of rotatable bonds is 1. The highest BCUT2D eigenvalue weighted by atomic mass is 32.1. The van der Waals surface area contributed by atoms with Gasteiger partial charge in [0.25, 0.3) is 0 Å². The quantitative estimate of drug-likeness (QED) is 0.250. The van der Waals surface area contributed by atoms with Gasteiger partial charge in [0.2, 0.25) is 0 Å². The van der Waals surface area contributed by atoms with Crippen molar-refractivity contribution in [1.82, 2.24) is 4.98 Å². The summed E-state index contributed by atoms with van der Waals surface area (Å²) in [5.41, 5.74) is 5.09. The van der Waals surface area contributed by atoms with Gasteiger partial charge < -0.3 is 0 Å². The van der Waals surface area contributed by atoms with Gasteiger partial charge in [-0.25, -0.2) is 0 Å². The molecule has 152 valence electrons. The van der Waals surface area contributed by atoms with Crippen molar-refractivity contribution in [3.05, 3.63) is 77.3 Å². The van der Waals surface area contributed by atoms with E-state index in [1.807, 2.05) is 28.9 Å². The van der Waals surface area contributed by atoms with E-state index in [1.54, 1.807) is 0 Å². The van der Waals surface area contributed by atoms with Crippen LogP contribution in [0.15, 0.2) is 66.2 Å². The molecule has 0 spiro atoms. The molecule has 0 saturated carbocycles. The fourth-order valence-electron chi connectivity index (χ4n) is 4.66. The van der Waals surface area contributed by atoms with E-state index in [9.17, 15) is 0 Å². The third-order valence-electron chi connectivity index (χ3n) is 6.21. The number of benzene rings is 3. The van der Waals surface area contributed by atoms with Gasteiger partial charge in [-0.2, -0.15) is 0 Å². The summed E-state index contributed by atoms with van der Waals surface area (Å²) in [7, 11) is 0. The predicted octanol–water partition coefficient (Wildman–Crippen LogP) is 9.09. The fourth-order valence-corrected chi connectivity index (χ4v) is 6.74. The molecule has 3 heteroatoms. The Hall–Kier alpha value is -2.75. The summed E-state index contributed by atoms with van der Waals surface area (Å²) < 4.78 is 4.00. The number of aromatic nitrogens is 1. The lowest BCUT2D eigenvalue weighted by atomic mass is 9.82. The zero-order valence-electron chi connectivity index (χ0n) is 18.1. The molecule has 0 aliphatic carbocycles. The molecule has 3 aromatic heterocycles. The van der Waals surface area contributed by atoms with Crippen molar-refractivity contribution >= 4 is 63.7 Å². The first-order valence-electron chi connectivity index (χ1n) is 10.6. The highest BCUT2D eigenvalue weighted by molar-refractivity contribution is 7.26. The first-order valence-corrected chi connectivity index (χ1v) is 12.3. The van der Waals surface area contributed by atoms with Gasteiger partial charge in [-0.15, -0.1) is 22.7 Å². The number of fused-ring (bicyclic) bond motifs is 5. The Labute approximate surface area is 190 Å². The van der Waals surface area contributed by atoms with Crippen molar-refractivity contribution in [2.24, 2.45) is 0 Å². The summed E-state index contributed by atoms with van der Waals surface area (Å²) in [5, 5.41) is 8.85. The van der Waals surface area contributed by atoms with Crippen LogP contribution in [0.25, 0.3) is 52.3 Å². The molecule has 0 N–H and O–H groups in total. The van der Waals surface area contributed by atoms with Crippen LogP contribution in [0.1, 0.15) is 31.9 Å². The van der Waals surface area contributed by atoms with Crippen molar-refractivity contribution in [1.29, 1.82) is 0 Å². The van der Waals surface area contributed by atoms with Crippen molar-refractivity contribution < 1.29 is 0 Å². The largest absolute Gasteiger partial charge is 0.256 e. The minimum Gasteiger partial charge on any atom is -0.256 e. The number of pyridine rings is 1. The van der Waals surface area contributed by atoms with Crippen LogP contribution in [0, 0.1) is 6.92 Å². The molecule has 0 unspecified atom stereocenters. The van der Waals surface area contributed by atoms with Crippen molar-refractivity contribution in [3.8, 4) is 11.3 Å². The molecule has 0 aliphatic rings. The van der Waals surface area contributed by atoms with E-state index in [2.05, 4.69) is 87.7 Å². The Morgan fingerprint density at radius 2 is 1.61 bits per heavy atom. The van der Waals surface area contributed by atoms with Gasteiger partial charge in [-0.05, 0) is 75.3 Å². The van der Waals surface area contributed by atoms with Gasteiger partial charge in [0, 0.05) is 36.6 Å². The second-order valence-electron chi connectivity index (χ2n) is 9.39. The lowest BCUT2D eigenvalue weighted by Gasteiger charge is -2.23. The summed E-state index contributed by atoms with van der Waals surface area (Å²) in [4.78, 5) is 4.92. The monoisotopic (exact) mass is 437 g/mol. The second kappa shape index (κ2) is 6.62. The number of nitrogens with zero attached hydrogens (tertiary/aromatic N) is 1. The molecule has 0 amide bonds. The molecule has 0 fully saturated rings. The maximum atomic E-state index is 4.92. The maximum Gasteiger partial charge on any atom is 0.0795 e. The van der Waals surface area contributed by atoms with Crippen molar-refractivity contribution in [3.63, 3.8) is 0 Å². The summed E-state index contributed by atoms with van der Waals surface area (Å²) in [6.45, 7) is 9.08. The van der Waals surface area contributed by atoms with Crippen LogP contribution >= 0.6 is 22.7 Å². The average molecular weight is 438 g/mol.